The van der Waals surface area contributed by atoms with Gasteiger partial charge in [-0.3, -0.25) is 4.79 Å². The number of carbonyl (C=O) groups excluding carboxylic acids is 1. The van der Waals surface area contributed by atoms with E-state index in [2.05, 4.69) is 15.0 Å². The van der Waals surface area contributed by atoms with Gasteiger partial charge in [0.25, 0.3) is 0 Å². The van der Waals surface area contributed by atoms with Crippen LogP contribution in [0.25, 0.3) is 0 Å². The van der Waals surface area contributed by atoms with E-state index in [-0.39, 0.29) is 48.6 Å². The number of nitrogens with zero attached hydrogens (tertiary/aromatic N) is 1. The first-order valence-electron chi connectivity index (χ1n) is 7.04. The molecule has 1 aliphatic carbocycles. The highest BCUT2D eigenvalue weighted by molar-refractivity contribution is 5.90. The Morgan fingerprint density at radius 1 is 1.33 bits per heavy atom. The number of alkyl halides is 3. The predicted molar refractivity (Wildman–Crippen MR) is 88.8 cm³/mol. The van der Waals surface area contributed by atoms with Crippen molar-refractivity contribution in [2.45, 2.75) is 37.9 Å². The van der Waals surface area contributed by atoms with Gasteiger partial charge in [-0.2, -0.15) is 13.2 Å². The summed E-state index contributed by atoms with van der Waals surface area (Å²) in [5.74, 6) is -0.136. The second-order valence-corrected chi connectivity index (χ2v) is 5.40. The van der Waals surface area contributed by atoms with Crippen molar-refractivity contribution in [3.8, 4) is 5.88 Å². The first kappa shape index (κ1) is 22.8. The average Bonchev–Trinajstić information content (AvgIpc) is 2.82. The molecule has 5 nitrogen and oxygen atoms in total. The summed E-state index contributed by atoms with van der Waals surface area (Å²) in [4.78, 5) is 15.6. The minimum absolute atomic E-state index is 0. The number of hydrogen-bond donors (Lipinski definition) is 2. The first-order valence-corrected chi connectivity index (χ1v) is 7.04. The van der Waals surface area contributed by atoms with Crippen molar-refractivity contribution in [1.29, 1.82) is 0 Å². The minimum Gasteiger partial charge on any atom is -0.468 e. The molecule has 2 rings (SSSR count). The van der Waals surface area contributed by atoms with Crippen LogP contribution in [0.15, 0.2) is 18.3 Å². The number of pyridine rings is 1. The maximum atomic E-state index is 12.0. The molecule has 1 amide bonds. The minimum atomic E-state index is -4.41. The van der Waals surface area contributed by atoms with Gasteiger partial charge in [0.1, 0.15) is 0 Å². The first-order chi connectivity index (χ1) is 10.3. The number of anilines is 1. The van der Waals surface area contributed by atoms with E-state index in [9.17, 15) is 18.0 Å². The molecule has 24 heavy (non-hydrogen) atoms. The van der Waals surface area contributed by atoms with Crippen LogP contribution in [0.5, 0.6) is 5.88 Å². The molecule has 3 N–H and O–H groups in total. The zero-order valence-corrected chi connectivity index (χ0v) is 14.3. The van der Waals surface area contributed by atoms with Gasteiger partial charge in [-0.25, -0.2) is 4.98 Å². The molecule has 0 saturated heterocycles. The number of aromatic nitrogens is 1. The van der Waals surface area contributed by atoms with E-state index < -0.39 is 12.8 Å². The molecule has 0 unspecified atom stereocenters. The Bertz CT molecular complexity index is 515. The van der Waals surface area contributed by atoms with Crippen molar-refractivity contribution in [2.75, 3.05) is 11.9 Å². The van der Waals surface area contributed by atoms with Crippen molar-refractivity contribution >= 4 is 36.4 Å². The standard InChI is InChI=1S/C14H18F3N3O2.2ClH/c15-14(16,17)8-22-13-5-4-10(7-19-13)20-12(21)6-9-2-1-3-11(9)18;;/h4-5,7,9,11H,1-3,6,8,18H2,(H,20,21);2*1H/t9-,11+;;/m0../s1. The molecule has 1 aliphatic rings. The van der Waals surface area contributed by atoms with Crippen molar-refractivity contribution in [3.05, 3.63) is 18.3 Å². The smallest absolute Gasteiger partial charge is 0.422 e. The predicted octanol–water partition coefficient (Wildman–Crippen LogP) is 3.32. The van der Waals surface area contributed by atoms with Gasteiger partial charge >= 0.3 is 6.18 Å². The molecule has 0 aromatic carbocycles. The highest BCUT2D eigenvalue weighted by Crippen LogP contribution is 2.27. The van der Waals surface area contributed by atoms with Crippen molar-refractivity contribution in [3.63, 3.8) is 0 Å². The molecule has 1 fully saturated rings. The largest absolute Gasteiger partial charge is 0.468 e. The fourth-order valence-corrected chi connectivity index (χ4v) is 2.46. The van der Waals surface area contributed by atoms with Crippen molar-refractivity contribution in [2.24, 2.45) is 11.7 Å². The van der Waals surface area contributed by atoms with Gasteiger partial charge in [0.15, 0.2) is 6.61 Å². The topological polar surface area (TPSA) is 77.2 Å². The van der Waals surface area contributed by atoms with Crippen LogP contribution in [0, 0.1) is 5.92 Å². The van der Waals surface area contributed by atoms with Crippen LogP contribution in [0.4, 0.5) is 18.9 Å². The lowest BCUT2D eigenvalue weighted by atomic mass is 10.00. The van der Waals surface area contributed by atoms with Gasteiger partial charge in [0.2, 0.25) is 11.8 Å². The zero-order valence-electron chi connectivity index (χ0n) is 12.7. The Labute approximate surface area is 150 Å². The van der Waals surface area contributed by atoms with E-state index >= 15 is 0 Å². The van der Waals surface area contributed by atoms with E-state index in [4.69, 9.17) is 5.73 Å². The second-order valence-electron chi connectivity index (χ2n) is 5.40. The number of nitrogens with one attached hydrogen (secondary N) is 1. The number of halogens is 5. The average molecular weight is 390 g/mol. The van der Waals surface area contributed by atoms with Gasteiger partial charge in [-0.1, -0.05) is 6.42 Å². The Morgan fingerprint density at radius 2 is 2.04 bits per heavy atom. The third-order valence-corrected chi connectivity index (χ3v) is 3.57. The summed E-state index contributed by atoms with van der Waals surface area (Å²) in [6.45, 7) is -1.40. The molecule has 1 aromatic heterocycles. The van der Waals surface area contributed by atoms with E-state index in [1.54, 1.807) is 0 Å². The Morgan fingerprint density at radius 3 is 2.54 bits per heavy atom. The lowest BCUT2D eigenvalue weighted by Crippen LogP contribution is -2.28. The number of amides is 1. The Balaban J connectivity index is 0.00000264. The molecular weight excluding hydrogens is 370 g/mol. The van der Waals surface area contributed by atoms with Crippen molar-refractivity contribution in [1.82, 2.24) is 4.98 Å². The van der Waals surface area contributed by atoms with Gasteiger partial charge in [-0.15, -0.1) is 24.8 Å². The van der Waals surface area contributed by atoms with Crippen LogP contribution < -0.4 is 15.8 Å². The molecule has 138 valence electrons. The molecule has 10 heteroatoms. The van der Waals surface area contributed by atoms with Gasteiger partial charge in [0, 0.05) is 18.5 Å². The SMILES string of the molecule is Cl.Cl.N[C@@H]1CCC[C@H]1CC(=O)Nc1ccc(OCC(F)(F)F)nc1. The molecule has 0 spiro atoms. The van der Waals surface area contributed by atoms with Crippen molar-refractivity contribution < 1.29 is 22.7 Å². The highest BCUT2D eigenvalue weighted by Gasteiger charge is 2.28. The molecule has 2 atom stereocenters. The number of ether oxygens (including phenoxy) is 1. The molecular formula is C14H20Cl2F3N3O2. The van der Waals surface area contributed by atoms with Crippen LogP contribution >= 0.6 is 24.8 Å². The molecule has 0 aliphatic heterocycles. The summed E-state index contributed by atoms with van der Waals surface area (Å²) in [5.41, 5.74) is 6.32. The quantitative estimate of drug-likeness (QED) is 0.809. The van der Waals surface area contributed by atoms with Gasteiger partial charge in [-0.05, 0) is 24.8 Å². The number of nitrogens with two attached hydrogens (primary N) is 1. The third-order valence-electron chi connectivity index (χ3n) is 3.57. The van der Waals surface area contributed by atoms with E-state index in [0.29, 0.717) is 12.1 Å². The number of rotatable bonds is 5. The van der Waals surface area contributed by atoms with Gasteiger partial charge < -0.3 is 15.8 Å². The third kappa shape index (κ3) is 7.55. The van der Waals surface area contributed by atoms with Crippen LogP contribution in [0.1, 0.15) is 25.7 Å². The summed E-state index contributed by atoms with van der Waals surface area (Å²) in [7, 11) is 0. The lowest BCUT2D eigenvalue weighted by molar-refractivity contribution is -0.154. The summed E-state index contributed by atoms with van der Waals surface area (Å²) in [6, 6.07) is 2.79. The Hall–Kier alpha value is -1.25. The Kier molecular flexibility index (Phi) is 9.39. The fourth-order valence-electron chi connectivity index (χ4n) is 2.46. The molecule has 0 radical (unpaired) electrons. The highest BCUT2D eigenvalue weighted by atomic mass is 35.5. The normalized spacial score (nSPS) is 19.8. The summed E-state index contributed by atoms with van der Waals surface area (Å²) >= 11 is 0. The van der Waals surface area contributed by atoms with Crippen LogP contribution in [-0.2, 0) is 4.79 Å². The number of carbonyl (C=O) groups is 1. The van der Waals surface area contributed by atoms with Gasteiger partial charge in [0.05, 0.1) is 11.9 Å². The lowest BCUT2D eigenvalue weighted by Gasteiger charge is -2.14. The maximum Gasteiger partial charge on any atom is 0.422 e. The van der Waals surface area contributed by atoms with Crippen LogP contribution in [-0.4, -0.2) is 29.7 Å². The summed E-state index contributed by atoms with van der Waals surface area (Å²) < 4.78 is 40.5. The van der Waals surface area contributed by atoms with E-state index in [1.807, 2.05) is 0 Å². The molecule has 1 saturated carbocycles. The molecule has 1 heterocycles. The van der Waals surface area contributed by atoms with Crippen LogP contribution in [0.3, 0.4) is 0 Å². The summed E-state index contributed by atoms with van der Waals surface area (Å²) in [6.07, 6.45) is 0.105. The maximum absolute atomic E-state index is 12.0. The summed E-state index contributed by atoms with van der Waals surface area (Å²) in [5, 5.41) is 2.65. The second kappa shape index (κ2) is 9.90. The number of hydrogen-bond acceptors (Lipinski definition) is 4. The molecule has 0 bridgehead atoms. The van der Waals surface area contributed by atoms with Crippen LogP contribution in [0.2, 0.25) is 0 Å². The van der Waals surface area contributed by atoms with E-state index in [1.165, 1.54) is 18.3 Å². The fraction of sp³-hybridized carbons (Fsp3) is 0.571. The van der Waals surface area contributed by atoms with E-state index in [0.717, 1.165) is 19.3 Å². The zero-order chi connectivity index (χ0) is 16.2. The molecule has 1 aromatic rings. The monoisotopic (exact) mass is 389 g/mol.